The number of methoxy groups -OCH3 is 1. The first-order valence-corrected chi connectivity index (χ1v) is 7.75. The number of likely N-dealkylation sites (tertiary alicyclic amines) is 1. The van der Waals surface area contributed by atoms with E-state index in [4.69, 9.17) is 4.74 Å². The maximum atomic E-state index is 12.0. The summed E-state index contributed by atoms with van der Waals surface area (Å²) in [6.45, 7) is 2.10. The van der Waals surface area contributed by atoms with E-state index < -0.39 is 0 Å². The predicted octanol–water partition coefficient (Wildman–Crippen LogP) is 2.37. The number of carbonyl (C=O) groups is 1. The molecule has 1 amide bonds. The van der Waals surface area contributed by atoms with E-state index in [1.54, 1.807) is 7.11 Å². The number of ether oxygens (including phenoxy) is 1. The van der Waals surface area contributed by atoms with Crippen molar-refractivity contribution in [2.75, 3.05) is 26.8 Å². The summed E-state index contributed by atoms with van der Waals surface area (Å²) in [5.74, 6) is 0.603. The number of hydrogen-bond acceptors (Lipinski definition) is 4. The molecule has 0 bridgehead atoms. The van der Waals surface area contributed by atoms with Crippen LogP contribution in [0.3, 0.4) is 0 Å². The van der Waals surface area contributed by atoms with Gasteiger partial charge in [-0.3, -0.25) is 14.8 Å². The molecule has 5 heteroatoms. The second-order valence-corrected chi connectivity index (χ2v) is 5.70. The number of amides is 1. The molecule has 0 aliphatic carbocycles. The van der Waals surface area contributed by atoms with E-state index in [0.717, 1.165) is 42.5 Å². The smallest absolute Gasteiger partial charge is 0.224 e. The summed E-state index contributed by atoms with van der Waals surface area (Å²) in [6.07, 6.45) is 6.10. The lowest BCUT2D eigenvalue weighted by Gasteiger charge is -2.31. The predicted molar refractivity (Wildman–Crippen MR) is 84.6 cm³/mol. The van der Waals surface area contributed by atoms with E-state index >= 15 is 0 Å². The van der Waals surface area contributed by atoms with Gasteiger partial charge in [0.1, 0.15) is 0 Å². The van der Waals surface area contributed by atoms with Gasteiger partial charge in [0.2, 0.25) is 5.91 Å². The minimum Gasteiger partial charge on any atom is -0.384 e. The maximum absolute atomic E-state index is 12.0. The van der Waals surface area contributed by atoms with Crippen molar-refractivity contribution in [3.63, 3.8) is 0 Å². The van der Waals surface area contributed by atoms with Crippen LogP contribution in [0.15, 0.2) is 30.6 Å². The standard InChI is InChI=1S/C17H21N3O2/c1-22-10-6-17(21)20-8-4-13(5-9-20)15-11-16-14(12-19-15)3-2-7-18-16/h2-3,7,11-13H,4-6,8-10H2,1H3. The van der Waals surface area contributed by atoms with E-state index in [1.807, 2.05) is 29.4 Å². The average molecular weight is 299 g/mol. The molecule has 5 nitrogen and oxygen atoms in total. The number of pyridine rings is 2. The lowest BCUT2D eigenvalue weighted by molar-refractivity contribution is -0.133. The van der Waals surface area contributed by atoms with Crippen molar-refractivity contribution in [1.29, 1.82) is 0 Å². The SMILES string of the molecule is COCCC(=O)N1CCC(c2cc3ncccc3cn2)CC1. The molecule has 22 heavy (non-hydrogen) atoms. The summed E-state index contributed by atoms with van der Waals surface area (Å²) < 4.78 is 4.97. The van der Waals surface area contributed by atoms with Crippen molar-refractivity contribution < 1.29 is 9.53 Å². The molecule has 1 aliphatic heterocycles. The Morgan fingerprint density at radius 1 is 1.36 bits per heavy atom. The van der Waals surface area contributed by atoms with Crippen LogP contribution in [0, 0.1) is 0 Å². The fraction of sp³-hybridized carbons (Fsp3) is 0.471. The van der Waals surface area contributed by atoms with Gasteiger partial charge in [-0.2, -0.15) is 0 Å². The minimum absolute atomic E-state index is 0.188. The highest BCUT2D eigenvalue weighted by Gasteiger charge is 2.24. The minimum atomic E-state index is 0.188. The van der Waals surface area contributed by atoms with Crippen LogP contribution >= 0.6 is 0 Å². The normalized spacial score (nSPS) is 16.1. The number of piperidine rings is 1. The summed E-state index contributed by atoms with van der Waals surface area (Å²) >= 11 is 0. The largest absolute Gasteiger partial charge is 0.384 e. The topological polar surface area (TPSA) is 55.3 Å². The molecular formula is C17H21N3O2. The van der Waals surface area contributed by atoms with Crippen LogP contribution in [0.25, 0.3) is 10.9 Å². The fourth-order valence-electron chi connectivity index (χ4n) is 2.98. The van der Waals surface area contributed by atoms with Gasteiger partial charge >= 0.3 is 0 Å². The molecule has 3 heterocycles. The Kier molecular flexibility index (Phi) is 4.63. The molecule has 1 fully saturated rings. The third-order valence-corrected chi connectivity index (χ3v) is 4.29. The molecule has 1 saturated heterocycles. The van der Waals surface area contributed by atoms with E-state index in [0.29, 0.717) is 18.9 Å². The van der Waals surface area contributed by atoms with E-state index in [9.17, 15) is 4.79 Å². The van der Waals surface area contributed by atoms with Gasteiger partial charge in [0, 0.05) is 49.6 Å². The maximum Gasteiger partial charge on any atom is 0.224 e. The molecule has 2 aromatic rings. The molecule has 0 aromatic carbocycles. The highest BCUT2D eigenvalue weighted by molar-refractivity contribution is 5.78. The molecule has 116 valence electrons. The van der Waals surface area contributed by atoms with Crippen LogP contribution in [0.1, 0.15) is 30.9 Å². The quantitative estimate of drug-likeness (QED) is 0.869. The van der Waals surface area contributed by atoms with Crippen molar-refractivity contribution in [2.24, 2.45) is 0 Å². The first-order chi connectivity index (χ1) is 10.8. The summed E-state index contributed by atoms with van der Waals surface area (Å²) in [6, 6.07) is 6.03. The van der Waals surface area contributed by atoms with Gasteiger partial charge in [-0.15, -0.1) is 0 Å². The second kappa shape index (κ2) is 6.83. The number of carbonyl (C=O) groups excluding carboxylic acids is 1. The van der Waals surface area contributed by atoms with Gasteiger partial charge in [-0.25, -0.2) is 0 Å². The van der Waals surface area contributed by atoms with Gasteiger partial charge in [-0.05, 0) is 31.0 Å². The van der Waals surface area contributed by atoms with E-state index in [2.05, 4.69) is 16.0 Å². The zero-order chi connectivity index (χ0) is 15.4. The first kappa shape index (κ1) is 14.9. The number of hydrogen-bond donors (Lipinski definition) is 0. The number of nitrogens with zero attached hydrogens (tertiary/aromatic N) is 3. The summed E-state index contributed by atoms with van der Waals surface area (Å²) in [5, 5.41) is 1.07. The lowest BCUT2D eigenvalue weighted by atomic mass is 9.92. The Labute approximate surface area is 130 Å². The van der Waals surface area contributed by atoms with Crippen LogP contribution in [-0.4, -0.2) is 47.6 Å². The second-order valence-electron chi connectivity index (χ2n) is 5.70. The van der Waals surface area contributed by atoms with Gasteiger partial charge in [0.05, 0.1) is 18.5 Å². The van der Waals surface area contributed by atoms with Crippen LogP contribution in [-0.2, 0) is 9.53 Å². The Balaban J connectivity index is 1.63. The van der Waals surface area contributed by atoms with Gasteiger partial charge in [-0.1, -0.05) is 0 Å². The molecule has 0 saturated carbocycles. The Morgan fingerprint density at radius 2 is 2.18 bits per heavy atom. The third-order valence-electron chi connectivity index (χ3n) is 4.29. The first-order valence-electron chi connectivity index (χ1n) is 7.75. The zero-order valence-electron chi connectivity index (χ0n) is 12.9. The molecule has 0 N–H and O–H groups in total. The average Bonchev–Trinajstić information content (AvgIpc) is 2.59. The number of rotatable bonds is 4. The van der Waals surface area contributed by atoms with Crippen molar-refractivity contribution in [2.45, 2.75) is 25.2 Å². The van der Waals surface area contributed by atoms with Gasteiger partial charge < -0.3 is 9.64 Å². The van der Waals surface area contributed by atoms with Crippen LogP contribution < -0.4 is 0 Å². The van der Waals surface area contributed by atoms with Crippen molar-refractivity contribution in [3.8, 4) is 0 Å². The Hall–Kier alpha value is -2.01. The van der Waals surface area contributed by atoms with Crippen molar-refractivity contribution in [1.82, 2.24) is 14.9 Å². The van der Waals surface area contributed by atoms with Crippen molar-refractivity contribution >= 4 is 16.8 Å². The molecule has 0 unspecified atom stereocenters. The Morgan fingerprint density at radius 3 is 2.95 bits per heavy atom. The highest BCUT2D eigenvalue weighted by Crippen LogP contribution is 2.28. The number of aromatic nitrogens is 2. The molecular weight excluding hydrogens is 278 g/mol. The monoisotopic (exact) mass is 299 g/mol. The molecule has 2 aromatic heterocycles. The van der Waals surface area contributed by atoms with Crippen molar-refractivity contribution in [3.05, 3.63) is 36.3 Å². The zero-order valence-corrected chi connectivity index (χ0v) is 12.9. The van der Waals surface area contributed by atoms with E-state index in [1.165, 1.54) is 0 Å². The molecule has 0 radical (unpaired) electrons. The van der Waals surface area contributed by atoms with Gasteiger partial charge in [0.15, 0.2) is 0 Å². The molecule has 0 spiro atoms. The Bertz CT molecular complexity index is 651. The third kappa shape index (κ3) is 3.25. The summed E-state index contributed by atoms with van der Waals surface area (Å²) in [5.41, 5.74) is 2.08. The summed E-state index contributed by atoms with van der Waals surface area (Å²) in [7, 11) is 1.62. The molecule has 0 atom stereocenters. The van der Waals surface area contributed by atoms with Crippen LogP contribution in [0.5, 0.6) is 0 Å². The summed E-state index contributed by atoms with van der Waals surface area (Å²) in [4.78, 5) is 22.9. The molecule has 3 rings (SSSR count). The van der Waals surface area contributed by atoms with E-state index in [-0.39, 0.29) is 5.91 Å². The molecule has 1 aliphatic rings. The lowest BCUT2D eigenvalue weighted by Crippen LogP contribution is -2.38. The highest BCUT2D eigenvalue weighted by atomic mass is 16.5. The van der Waals surface area contributed by atoms with Crippen LogP contribution in [0.2, 0.25) is 0 Å². The fourth-order valence-corrected chi connectivity index (χ4v) is 2.98. The number of fused-ring (bicyclic) bond motifs is 1. The van der Waals surface area contributed by atoms with Crippen LogP contribution in [0.4, 0.5) is 0 Å². The van der Waals surface area contributed by atoms with Gasteiger partial charge in [0.25, 0.3) is 0 Å².